The minimum Gasteiger partial charge on any atom is -0.455 e. The first-order valence-electron chi connectivity index (χ1n) is 9.28. The van der Waals surface area contributed by atoms with Gasteiger partial charge in [0.05, 0.1) is 17.8 Å². The third kappa shape index (κ3) is 4.41. The average molecular weight is 398 g/mol. The van der Waals surface area contributed by atoms with Gasteiger partial charge in [-0.15, -0.1) is 0 Å². The highest BCUT2D eigenvalue weighted by molar-refractivity contribution is 6.08. The first kappa shape index (κ1) is 19.1. The number of nitrogens with zero attached hydrogens (tertiary/aromatic N) is 2. The molecule has 148 valence electrons. The number of benzene rings is 2. The molecule has 0 radical (unpaired) electrons. The largest absolute Gasteiger partial charge is 0.455 e. The van der Waals surface area contributed by atoms with Crippen molar-refractivity contribution in [2.24, 2.45) is 0 Å². The van der Waals surface area contributed by atoms with Crippen LogP contribution >= 0.6 is 0 Å². The van der Waals surface area contributed by atoms with Crippen LogP contribution in [0, 0.1) is 0 Å². The standard InChI is InChI=1S/C23H18N4O3/c28-22(15-26-23(29)19-14-25-13-16-5-1-2-6-18(16)19)27-20-7-3-4-8-21(20)30-17-9-11-24-12-10-17/h1-14H,15H2,(H,26,29)(H,27,28). The Morgan fingerprint density at radius 1 is 0.867 bits per heavy atom. The fourth-order valence-corrected chi connectivity index (χ4v) is 2.94. The molecule has 0 spiro atoms. The van der Waals surface area contributed by atoms with Crippen molar-refractivity contribution in [2.75, 3.05) is 11.9 Å². The summed E-state index contributed by atoms with van der Waals surface area (Å²) in [6, 6.07) is 18.0. The van der Waals surface area contributed by atoms with E-state index in [9.17, 15) is 9.59 Å². The number of aromatic nitrogens is 2. The monoisotopic (exact) mass is 398 g/mol. The molecule has 2 heterocycles. The summed E-state index contributed by atoms with van der Waals surface area (Å²) in [5.74, 6) is 0.350. The maximum atomic E-state index is 12.6. The van der Waals surface area contributed by atoms with E-state index >= 15 is 0 Å². The van der Waals surface area contributed by atoms with Gasteiger partial charge in [-0.05, 0) is 29.7 Å². The van der Waals surface area contributed by atoms with Crippen LogP contribution in [0.3, 0.4) is 0 Å². The lowest BCUT2D eigenvalue weighted by molar-refractivity contribution is -0.115. The second-order valence-corrected chi connectivity index (χ2v) is 6.42. The molecule has 2 aromatic carbocycles. The summed E-state index contributed by atoms with van der Waals surface area (Å²) < 4.78 is 5.80. The summed E-state index contributed by atoms with van der Waals surface area (Å²) >= 11 is 0. The number of hydrogen-bond donors (Lipinski definition) is 2. The van der Waals surface area contributed by atoms with Crippen LogP contribution in [-0.2, 0) is 4.79 Å². The molecule has 2 aromatic heterocycles. The number of para-hydroxylation sites is 2. The molecule has 0 fully saturated rings. The van der Waals surface area contributed by atoms with Crippen molar-refractivity contribution in [1.82, 2.24) is 15.3 Å². The fraction of sp³-hybridized carbons (Fsp3) is 0.0435. The molecule has 0 bridgehead atoms. The number of anilines is 1. The van der Waals surface area contributed by atoms with Gasteiger partial charge in [-0.25, -0.2) is 0 Å². The Morgan fingerprint density at radius 2 is 1.63 bits per heavy atom. The molecule has 0 atom stereocenters. The number of ether oxygens (including phenoxy) is 1. The number of fused-ring (bicyclic) bond motifs is 1. The first-order chi connectivity index (χ1) is 14.7. The molecule has 0 aliphatic rings. The lowest BCUT2D eigenvalue weighted by Crippen LogP contribution is -2.33. The Bertz CT molecular complexity index is 1190. The van der Waals surface area contributed by atoms with Gasteiger partial charge in [-0.1, -0.05) is 36.4 Å². The second-order valence-electron chi connectivity index (χ2n) is 6.42. The van der Waals surface area contributed by atoms with E-state index < -0.39 is 0 Å². The van der Waals surface area contributed by atoms with Gasteiger partial charge in [0.25, 0.3) is 5.91 Å². The molecule has 4 rings (SSSR count). The second kappa shape index (κ2) is 8.83. The third-order valence-corrected chi connectivity index (χ3v) is 4.36. The lowest BCUT2D eigenvalue weighted by Gasteiger charge is -2.12. The summed E-state index contributed by atoms with van der Waals surface area (Å²) in [5, 5.41) is 7.04. The molecule has 30 heavy (non-hydrogen) atoms. The van der Waals surface area contributed by atoms with E-state index in [2.05, 4.69) is 20.6 Å². The highest BCUT2D eigenvalue weighted by atomic mass is 16.5. The van der Waals surface area contributed by atoms with Crippen LogP contribution in [0.4, 0.5) is 5.69 Å². The highest BCUT2D eigenvalue weighted by Gasteiger charge is 2.13. The first-order valence-corrected chi connectivity index (χ1v) is 9.28. The SMILES string of the molecule is O=C(CNC(=O)c1cncc2ccccc12)Nc1ccccc1Oc1ccncc1. The van der Waals surface area contributed by atoms with Gasteiger partial charge >= 0.3 is 0 Å². The Hall–Kier alpha value is -4.26. The maximum Gasteiger partial charge on any atom is 0.253 e. The van der Waals surface area contributed by atoms with E-state index in [1.54, 1.807) is 48.9 Å². The number of carbonyl (C=O) groups excluding carboxylic acids is 2. The zero-order valence-electron chi connectivity index (χ0n) is 15.9. The predicted octanol–water partition coefficient (Wildman–Crippen LogP) is 3.79. The Morgan fingerprint density at radius 3 is 2.50 bits per heavy atom. The quantitative estimate of drug-likeness (QED) is 0.515. The zero-order chi connectivity index (χ0) is 20.8. The van der Waals surface area contributed by atoms with E-state index in [0.717, 1.165) is 10.8 Å². The van der Waals surface area contributed by atoms with Crippen LogP contribution < -0.4 is 15.4 Å². The van der Waals surface area contributed by atoms with Gasteiger partial charge in [-0.3, -0.25) is 19.6 Å². The number of nitrogens with one attached hydrogen (secondary N) is 2. The summed E-state index contributed by atoms with van der Waals surface area (Å²) in [6.45, 7) is -0.189. The number of rotatable bonds is 6. The number of hydrogen-bond acceptors (Lipinski definition) is 5. The van der Waals surface area contributed by atoms with Gasteiger partial charge < -0.3 is 15.4 Å². The van der Waals surface area contributed by atoms with Crippen molar-refractivity contribution in [3.8, 4) is 11.5 Å². The normalized spacial score (nSPS) is 10.4. The average Bonchev–Trinajstić information content (AvgIpc) is 2.79. The van der Waals surface area contributed by atoms with E-state index in [0.29, 0.717) is 22.7 Å². The molecular formula is C23H18N4O3. The highest BCUT2D eigenvalue weighted by Crippen LogP contribution is 2.28. The lowest BCUT2D eigenvalue weighted by atomic mass is 10.1. The molecule has 7 heteroatoms. The Labute approximate surface area is 172 Å². The van der Waals surface area contributed by atoms with Crippen molar-refractivity contribution >= 4 is 28.3 Å². The van der Waals surface area contributed by atoms with Gasteiger partial charge in [0.15, 0.2) is 5.75 Å². The van der Waals surface area contributed by atoms with Gasteiger partial charge in [0.1, 0.15) is 5.75 Å². The van der Waals surface area contributed by atoms with Crippen molar-refractivity contribution in [1.29, 1.82) is 0 Å². The van der Waals surface area contributed by atoms with E-state index in [1.165, 1.54) is 6.20 Å². The minimum atomic E-state index is -0.373. The molecule has 2 amide bonds. The predicted molar refractivity (Wildman–Crippen MR) is 113 cm³/mol. The maximum absolute atomic E-state index is 12.6. The van der Waals surface area contributed by atoms with Crippen LogP contribution in [0.1, 0.15) is 10.4 Å². The zero-order valence-corrected chi connectivity index (χ0v) is 15.9. The summed E-state index contributed by atoms with van der Waals surface area (Å²) in [5.41, 5.74) is 0.919. The van der Waals surface area contributed by atoms with E-state index in [-0.39, 0.29) is 18.4 Å². The molecule has 0 aliphatic carbocycles. The van der Waals surface area contributed by atoms with Gasteiger partial charge in [-0.2, -0.15) is 0 Å². The molecule has 0 saturated heterocycles. The molecule has 0 unspecified atom stereocenters. The molecule has 0 saturated carbocycles. The van der Waals surface area contributed by atoms with Crippen LogP contribution in [0.25, 0.3) is 10.8 Å². The van der Waals surface area contributed by atoms with Crippen molar-refractivity contribution < 1.29 is 14.3 Å². The molecule has 0 aliphatic heterocycles. The number of carbonyl (C=O) groups is 2. The van der Waals surface area contributed by atoms with Crippen molar-refractivity contribution in [2.45, 2.75) is 0 Å². The Kier molecular flexibility index (Phi) is 5.61. The third-order valence-electron chi connectivity index (χ3n) is 4.36. The van der Waals surface area contributed by atoms with Crippen molar-refractivity contribution in [3.05, 3.63) is 91.0 Å². The molecule has 2 N–H and O–H groups in total. The Balaban J connectivity index is 1.41. The minimum absolute atomic E-state index is 0.189. The van der Waals surface area contributed by atoms with Crippen LogP contribution in [0.15, 0.2) is 85.5 Å². The van der Waals surface area contributed by atoms with E-state index in [1.807, 2.05) is 30.3 Å². The van der Waals surface area contributed by atoms with Gasteiger partial charge in [0.2, 0.25) is 5.91 Å². The number of pyridine rings is 2. The van der Waals surface area contributed by atoms with E-state index in [4.69, 9.17) is 4.74 Å². The summed E-state index contributed by atoms with van der Waals surface area (Å²) in [7, 11) is 0. The molecule has 4 aromatic rings. The molecular weight excluding hydrogens is 380 g/mol. The summed E-state index contributed by atoms with van der Waals surface area (Å²) in [4.78, 5) is 33.0. The fourth-order valence-electron chi connectivity index (χ4n) is 2.94. The van der Waals surface area contributed by atoms with Crippen LogP contribution in [0.5, 0.6) is 11.5 Å². The van der Waals surface area contributed by atoms with Crippen LogP contribution in [-0.4, -0.2) is 28.3 Å². The van der Waals surface area contributed by atoms with Gasteiger partial charge in [0, 0.05) is 30.2 Å². The van der Waals surface area contributed by atoms with Crippen molar-refractivity contribution in [3.63, 3.8) is 0 Å². The molecule has 7 nitrogen and oxygen atoms in total. The topological polar surface area (TPSA) is 93.2 Å². The smallest absolute Gasteiger partial charge is 0.253 e. The summed E-state index contributed by atoms with van der Waals surface area (Å²) in [6.07, 6.45) is 6.42. The van der Waals surface area contributed by atoms with Crippen LogP contribution in [0.2, 0.25) is 0 Å². The number of amides is 2.